The smallest absolute Gasteiger partial charge is 0.305 e. The van der Waals surface area contributed by atoms with Crippen LogP contribution in [0.5, 0.6) is 0 Å². The van der Waals surface area contributed by atoms with E-state index in [9.17, 15) is 4.79 Å². The van der Waals surface area contributed by atoms with Crippen molar-refractivity contribution < 1.29 is 9.90 Å². The third-order valence-electron chi connectivity index (χ3n) is 2.44. The van der Waals surface area contributed by atoms with Gasteiger partial charge in [0.25, 0.3) is 0 Å². The average molecular weight is 237 g/mol. The van der Waals surface area contributed by atoms with Crippen LogP contribution < -0.4 is 4.90 Å². The van der Waals surface area contributed by atoms with Crippen LogP contribution in [0, 0.1) is 13.8 Å². The van der Waals surface area contributed by atoms with Crippen LogP contribution in [0.15, 0.2) is 6.07 Å². The number of carboxylic acids is 1. The lowest BCUT2D eigenvalue weighted by Gasteiger charge is -2.27. The number of anilines is 1. The number of hydrogen-bond donors (Lipinski definition) is 1. The molecule has 5 nitrogen and oxygen atoms in total. The highest BCUT2D eigenvalue weighted by molar-refractivity contribution is 5.67. The molecule has 1 heterocycles. The zero-order chi connectivity index (χ0) is 13.0. The van der Waals surface area contributed by atoms with E-state index in [-0.39, 0.29) is 12.5 Å². The van der Waals surface area contributed by atoms with Crippen molar-refractivity contribution in [3.05, 3.63) is 17.6 Å². The van der Waals surface area contributed by atoms with Gasteiger partial charge in [-0.25, -0.2) is 9.97 Å². The number of aromatic nitrogens is 2. The SMILES string of the molecule is Cc1cc(N(CCC(=O)O)C(C)C)nc(C)n1. The molecule has 1 rings (SSSR count). The van der Waals surface area contributed by atoms with E-state index in [1.807, 2.05) is 38.7 Å². The summed E-state index contributed by atoms with van der Waals surface area (Å²) in [6, 6.07) is 2.09. The molecule has 0 aromatic carbocycles. The van der Waals surface area contributed by atoms with Gasteiger partial charge in [0.05, 0.1) is 6.42 Å². The predicted molar refractivity (Wildman–Crippen MR) is 66.2 cm³/mol. The van der Waals surface area contributed by atoms with Crippen LogP contribution in [0.25, 0.3) is 0 Å². The molecule has 0 aliphatic rings. The second-order valence-electron chi connectivity index (χ2n) is 4.35. The molecule has 0 fully saturated rings. The van der Waals surface area contributed by atoms with Crippen LogP contribution in [0.3, 0.4) is 0 Å². The van der Waals surface area contributed by atoms with Crippen molar-refractivity contribution >= 4 is 11.8 Å². The fourth-order valence-corrected chi connectivity index (χ4v) is 1.70. The van der Waals surface area contributed by atoms with Crippen molar-refractivity contribution in [2.24, 2.45) is 0 Å². The summed E-state index contributed by atoms with van der Waals surface area (Å²) in [4.78, 5) is 21.2. The quantitative estimate of drug-likeness (QED) is 0.845. The van der Waals surface area contributed by atoms with Crippen LogP contribution in [0.4, 0.5) is 5.82 Å². The standard InChI is InChI=1S/C12H19N3O2/c1-8(2)15(6-5-12(16)17)11-7-9(3)13-10(4)14-11/h7-8H,5-6H2,1-4H3,(H,16,17). The lowest BCUT2D eigenvalue weighted by Crippen LogP contribution is -2.33. The van der Waals surface area contributed by atoms with Crippen molar-refractivity contribution in [3.63, 3.8) is 0 Å². The van der Waals surface area contributed by atoms with Gasteiger partial charge in [0.1, 0.15) is 11.6 Å². The molecule has 0 spiro atoms. The monoisotopic (exact) mass is 237 g/mol. The first-order valence-corrected chi connectivity index (χ1v) is 5.71. The Morgan fingerprint density at radius 2 is 2.06 bits per heavy atom. The Balaban J connectivity index is 2.92. The minimum absolute atomic E-state index is 0.111. The van der Waals surface area contributed by atoms with Crippen LogP contribution in [0.1, 0.15) is 31.8 Å². The maximum atomic E-state index is 10.6. The number of aryl methyl sites for hydroxylation is 2. The van der Waals surface area contributed by atoms with Gasteiger partial charge in [0, 0.05) is 24.3 Å². The first-order chi connectivity index (χ1) is 7.90. The van der Waals surface area contributed by atoms with E-state index in [4.69, 9.17) is 5.11 Å². The normalized spacial score (nSPS) is 10.6. The Morgan fingerprint density at radius 1 is 1.41 bits per heavy atom. The van der Waals surface area contributed by atoms with Gasteiger partial charge in [-0.3, -0.25) is 4.79 Å². The first kappa shape index (κ1) is 13.4. The van der Waals surface area contributed by atoms with Gasteiger partial charge >= 0.3 is 5.97 Å². The molecule has 0 aliphatic carbocycles. The molecule has 0 unspecified atom stereocenters. The summed E-state index contributed by atoms with van der Waals surface area (Å²) in [5.74, 6) is 0.713. The lowest BCUT2D eigenvalue weighted by atomic mass is 10.2. The fourth-order valence-electron chi connectivity index (χ4n) is 1.70. The third kappa shape index (κ3) is 4.01. The van der Waals surface area contributed by atoms with Crippen LogP contribution in [-0.2, 0) is 4.79 Å². The third-order valence-corrected chi connectivity index (χ3v) is 2.44. The van der Waals surface area contributed by atoms with Crippen molar-refractivity contribution in [2.45, 2.75) is 40.2 Å². The molecule has 0 amide bonds. The van der Waals surface area contributed by atoms with Crippen molar-refractivity contribution in [1.82, 2.24) is 9.97 Å². The molecule has 0 aliphatic heterocycles. The summed E-state index contributed by atoms with van der Waals surface area (Å²) in [5, 5.41) is 8.74. The van der Waals surface area contributed by atoms with Crippen LogP contribution in [-0.4, -0.2) is 33.6 Å². The minimum atomic E-state index is -0.793. The fraction of sp³-hybridized carbons (Fsp3) is 0.583. The van der Waals surface area contributed by atoms with Gasteiger partial charge in [-0.1, -0.05) is 0 Å². The summed E-state index contributed by atoms with van der Waals surface area (Å²) in [6.07, 6.45) is 0.111. The average Bonchev–Trinajstić information content (AvgIpc) is 2.14. The molecular weight excluding hydrogens is 218 g/mol. The Labute approximate surface area is 102 Å². The van der Waals surface area contributed by atoms with Gasteiger partial charge in [-0.15, -0.1) is 0 Å². The van der Waals surface area contributed by atoms with Crippen molar-refractivity contribution in [2.75, 3.05) is 11.4 Å². The topological polar surface area (TPSA) is 66.3 Å². The number of rotatable bonds is 5. The Kier molecular flexibility index (Phi) is 4.43. The number of hydrogen-bond acceptors (Lipinski definition) is 4. The van der Waals surface area contributed by atoms with E-state index in [1.165, 1.54) is 0 Å². The zero-order valence-corrected chi connectivity index (χ0v) is 10.8. The highest BCUT2D eigenvalue weighted by atomic mass is 16.4. The predicted octanol–water partition coefficient (Wildman–Crippen LogP) is 1.78. The Bertz CT molecular complexity index is 384. The summed E-state index contributed by atoms with van der Waals surface area (Å²) in [6.45, 7) is 8.26. The van der Waals surface area contributed by atoms with Gasteiger partial charge in [-0.2, -0.15) is 0 Å². The maximum absolute atomic E-state index is 10.6. The van der Waals surface area contributed by atoms with E-state index < -0.39 is 5.97 Å². The van der Waals surface area contributed by atoms with Crippen molar-refractivity contribution in [3.8, 4) is 0 Å². The highest BCUT2D eigenvalue weighted by Crippen LogP contribution is 2.15. The Hall–Kier alpha value is -1.65. The molecule has 5 heteroatoms. The molecule has 0 radical (unpaired) electrons. The molecule has 0 saturated heterocycles. The number of aliphatic carboxylic acids is 1. The maximum Gasteiger partial charge on any atom is 0.305 e. The van der Waals surface area contributed by atoms with Crippen LogP contribution >= 0.6 is 0 Å². The molecule has 94 valence electrons. The molecule has 17 heavy (non-hydrogen) atoms. The molecular formula is C12H19N3O2. The summed E-state index contributed by atoms with van der Waals surface area (Å²) < 4.78 is 0. The highest BCUT2D eigenvalue weighted by Gasteiger charge is 2.14. The molecule has 0 saturated carbocycles. The largest absolute Gasteiger partial charge is 0.481 e. The second kappa shape index (κ2) is 5.61. The van der Waals surface area contributed by atoms with Gasteiger partial charge in [0.2, 0.25) is 0 Å². The number of carboxylic acid groups (broad SMARTS) is 1. The zero-order valence-electron chi connectivity index (χ0n) is 10.8. The molecule has 0 atom stereocenters. The molecule has 1 N–H and O–H groups in total. The number of carbonyl (C=O) groups is 1. The minimum Gasteiger partial charge on any atom is -0.481 e. The lowest BCUT2D eigenvalue weighted by molar-refractivity contribution is -0.136. The van der Waals surface area contributed by atoms with Crippen molar-refractivity contribution in [1.29, 1.82) is 0 Å². The van der Waals surface area contributed by atoms with Crippen LogP contribution in [0.2, 0.25) is 0 Å². The Morgan fingerprint density at radius 3 is 2.53 bits per heavy atom. The van der Waals surface area contributed by atoms with E-state index in [2.05, 4.69) is 9.97 Å². The van der Waals surface area contributed by atoms with Gasteiger partial charge in [0.15, 0.2) is 0 Å². The first-order valence-electron chi connectivity index (χ1n) is 5.71. The van der Waals surface area contributed by atoms with E-state index in [0.29, 0.717) is 12.4 Å². The van der Waals surface area contributed by atoms with E-state index >= 15 is 0 Å². The molecule has 1 aromatic rings. The van der Waals surface area contributed by atoms with E-state index in [1.54, 1.807) is 0 Å². The second-order valence-corrected chi connectivity index (χ2v) is 4.35. The van der Waals surface area contributed by atoms with Gasteiger partial charge in [-0.05, 0) is 27.7 Å². The number of nitrogens with zero attached hydrogens (tertiary/aromatic N) is 3. The summed E-state index contributed by atoms with van der Waals surface area (Å²) in [7, 11) is 0. The molecule has 1 aromatic heterocycles. The molecule has 0 bridgehead atoms. The summed E-state index contributed by atoms with van der Waals surface area (Å²) >= 11 is 0. The van der Waals surface area contributed by atoms with Gasteiger partial charge < -0.3 is 10.0 Å². The summed E-state index contributed by atoms with van der Waals surface area (Å²) in [5.41, 5.74) is 0.897. The van der Waals surface area contributed by atoms with E-state index in [0.717, 1.165) is 11.5 Å².